The van der Waals surface area contributed by atoms with Crippen molar-refractivity contribution in [3.63, 3.8) is 0 Å². The lowest BCUT2D eigenvalue weighted by atomic mass is 9.91. The molecule has 0 radical (unpaired) electrons. The molecule has 0 aliphatic heterocycles. The van der Waals surface area contributed by atoms with E-state index in [4.69, 9.17) is 5.73 Å². The number of fused-ring (bicyclic) bond motifs is 1. The average molecular weight is 303 g/mol. The molecule has 2 rings (SSSR count). The minimum Gasteiger partial charge on any atom is -0.348 e. The molecule has 1 aromatic rings. The van der Waals surface area contributed by atoms with Crippen LogP contribution in [-0.4, -0.2) is 11.4 Å². The maximum absolute atomic E-state index is 12.2. The molecule has 1 aliphatic rings. The monoisotopic (exact) mass is 302 g/mol. The summed E-state index contributed by atoms with van der Waals surface area (Å²) in [4.78, 5) is 13.6. The van der Waals surface area contributed by atoms with Crippen LogP contribution in [0.1, 0.15) is 56.0 Å². The van der Waals surface area contributed by atoms with E-state index in [0.717, 1.165) is 32.1 Å². The topological polar surface area (TPSA) is 55.1 Å². The van der Waals surface area contributed by atoms with Gasteiger partial charge in [0, 0.05) is 4.88 Å². The number of hydrogen-bond donors (Lipinski definition) is 2. The van der Waals surface area contributed by atoms with Gasteiger partial charge in [-0.05, 0) is 49.6 Å². The van der Waals surface area contributed by atoms with Gasteiger partial charge in [0.2, 0.25) is 5.91 Å². The minimum absolute atomic E-state index is 0. The molecule has 1 amide bonds. The summed E-state index contributed by atoms with van der Waals surface area (Å²) in [6, 6.07) is 2.30. The first kappa shape index (κ1) is 16.5. The molecule has 2 unspecified atom stereocenters. The summed E-state index contributed by atoms with van der Waals surface area (Å²) in [5, 5.41) is 5.24. The number of halogens is 1. The van der Waals surface area contributed by atoms with Gasteiger partial charge in [0.05, 0.1) is 11.6 Å². The van der Waals surface area contributed by atoms with Crippen molar-refractivity contribution in [2.75, 3.05) is 0 Å². The second kappa shape index (κ2) is 6.73. The third-order valence-corrected chi connectivity index (χ3v) is 4.64. The molecule has 0 saturated carbocycles. The Morgan fingerprint density at radius 2 is 2.37 bits per heavy atom. The summed E-state index contributed by atoms with van der Waals surface area (Å²) in [5.41, 5.74) is 6.62. The molecule has 0 saturated heterocycles. The first-order chi connectivity index (χ1) is 8.54. The number of hydrogen-bond acceptors (Lipinski definition) is 3. The fraction of sp³-hybridized carbons (Fsp3) is 0.643. The van der Waals surface area contributed by atoms with Crippen LogP contribution in [0.15, 0.2) is 11.4 Å². The lowest BCUT2D eigenvalue weighted by Crippen LogP contribution is -2.52. The van der Waals surface area contributed by atoms with E-state index in [1.165, 1.54) is 10.4 Å². The zero-order chi connectivity index (χ0) is 13.2. The van der Waals surface area contributed by atoms with E-state index in [1.54, 1.807) is 11.3 Å². The highest BCUT2D eigenvalue weighted by atomic mass is 35.5. The van der Waals surface area contributed by atoms with Crippen molar-refractivity contribution in [1.82, 2.24) is 5.32 Å². The van der Waals surface area contributed by atoms with E-state index in [-0.39, 0.29) is 24.4 Å². The van der Waals surface area contributed by atoms with Crippen molar-refractivity contribution in [2.45, 2.75) is 57.5 Å². The molecular weight excluding hydrogens is 280 g/mol. The fourth-order valence-electron chi connectivity index (χ4n) is 2.59. The third kappa shape index (κ3) is 3.71. The van der Waals surface area contributed by atoms with Crippen molar-refractivity contribution < 1.29 is 4.79 Å². The Labute approximate surface area is 125 Å². The average Bonchev–Trinajstić information content (AvgIpc) is 2.78. The van der Waals surface area contributed by atoms with Gasteiger partial charge in [-0.15, -0.1) is 23.7 Å². The number of nitrogens with one attached hydrogen (secondary N) is 1. The molecule has 1 aromatic heterocycles. The molecule has 1 heterocycles. The third-order valence-electron chi connectivity index (χ3n) is 3.65. The van der Waals surface area contributed by atoms with E-state index in [2.05, 4.69) is 23.7 Å². The lowest BCUT2D eigenvalue weighted by Gasteiger charge is -2.29. The Morgan fingerprint density at radius 1 is 1.63 bits per heavy atom. The normalized spacial score (nSPS) is 20.9. The number of rotatable bonds is 4. The van der Waals surface area contributed by atoms with Crippen LogP contribution in [0, 0.1) is 0 Å². The van der Waals surface area contributed by atoms with Crippen LogP contribution in [0.5, 0.6) is 0 Å². The first-order valence-electron chi connectivity index (χ1n) is 6.70. The number of carbonyl (C=O) groups excluding carboxylic acids is 1. The highest BCUT2D eigenvalue weighted by molar-refractivity contribution is 7.10. The molecule has 3 nitrogen and oxygen atoms in total. The van der Waals surface area contributed by atoms with Crippen LogP contribution in [0.3, 0.4) is 0 Å². The molecule has 0 bridgehead atoms. The Hall–Kier alpha value is -0.580. The molecule has 0 spiro atoms. The van der Waals surface area contributed by atoms with E-state index < -0.39 is 5.54 Å². The summed E-state index contributed by atoms with van der Waals surface area (Å²) in [7, 11) is 0. The van der Waals surface area contributed by atoms with Gasteiger partial charge in [0.1, 0.15) is 0 Å². The number of amides is 1. The summed E-state index contributed by atoms with van der Waals surface area (Å²) in [6.07, 6.45) is 4.97. The second-order valence-corrected chi connectivity index (χ2v) is 6.39. The van der Waals surface area contributed by atoms with Gasteiger partial charge in [-0.25, -0.2) is 0 Å². The first-order valence-corrected chi connectivity index (χ1v) is 7.58. The van der Waals surface area contributed by atoms with E-state index in [0.29, 0.717) is 0 Å². The minimum atomic E-state index is -0.748. The predicted molar refractivity (Wildman–Crippen MR) is 82.9 cm³/mol. The van der Waals surface area contributed by atoms with E-state index >= 15 is 0 Å². The predicted octanol–water partition coefficient (Wildman–Crippen LogP) is 3.18. The van der Waals surface area contributed by atoms with Crippen LogP contribution < -0.4 is 11.1 Å². The van der Waals surface area contributed by atoms with Crippen molar-refractivity contribution >= 4 is 29.7 Å². The Kier molecular flexibility index (Phi) is 5.83. The van der Waals surface area contributed by atoms with Crippen LogP contribution in [-0.2, 0) is 11.2 Å². The standard InChI is InChI=1S/C14H22N2OS.ClH/c1-3-8-14(2,15)13(17)16-11-5-4-6-12-10(11)7-9-18-12;/h7,9,11H,3-6,8,15H2,1-2H3,(H,16,17);1H. The number of thiophene rings is 1. The molecule has 5 heteroatoms. The number of nitrogens with two attached hydrogens (primary N) is 1. The number of carbonyl (C=O) groups is 1. The Balaban J connectivity index is 0.00000180. The van der Waals surface area contributed by atoms with Crippen LogP contribution in [0.2, 0.25) is 0 Å². The molecule has 108 valence electrons. The fourth-order valence-corrected chi connectivity index (χ4v) is 3.58. The van der Waals surface area contributed by atoms with Gasteiger partial charge in [0.25, 0.3) is 0 Å². The van der Waals surface area contributed by atoms with Crippen molar-refractivity contribution in [3.05, 3.63) is 21.9 Å². The van der Waals surface area contributed by atoms with Gasteiger partial charge in [-0.3, -0.25) is 4.79 Å². The molecule has 0 aromatic carbocycles. The van der Waals surface area contributed by atoms with Gasteiger partial charge < -0.3 is 11.1 Å². The second-order valence-electron chi connectivity index (χ2n) is 5.38. The van der Waals surface area contributed by atoms with Gasteiger partial charge in [-0.2, -0.15) is 0 Å². The molecule has 2 atom stereocenters. The van der Waals surface area contributed by atoms with Crippen molar-refractivity contribution in [2.24, 2.45) is 5.73 Å². The smallest absolute Gasteiger partial charge is 0.240 e. The summed E-state index contributed by atoms with van der Waals surface area (Å²) < 4.78 is 0. The maximum atomic E-state index is 12.2. The number of aryl methyl sites for hydroxylation is 1. The highest BCUT2D eigenvalue weighted by Gasteiger charge is 2.31. The quantitative estimate of drug-likeness (QED) is 0.897. The maximum Gasteiger partial charge on any atom is 0.240 e. The Morgan fingerprint density at radius 3 is 3.05 bits per heavy atom. The highest BCUT2D eigenvalue weighted by Crippen LogP contribution is 2.33. The van der Waals surface area contributed by atoms with Gasteiger partial charge in [0.15, 0.2) is 0 Å². The van der Waals surface area contributed by atoms with Crippen LogP contribution >= 0.6 is 23.7 Å². The van der Waals surface area contributed by atoms with E-state index in [9.17, 15) is 4.79 Å². The molecule has 0 fully saturated rings. The van der Waals surface area contributed by atoms with Gasteiger partial charge >= 0.3 is 0 Å². The zero-order valence-corrected chi connectivity index (χ0v) is 13.2. The lowest BCUT2D eigenvalue weighted by molar-refractivity contribution is -0.126. The van der Waals surface area contributed by atoms with Crippen molar-refractivity contribution in [1.29, 1.82) is 0 Å². The van der Waals surface area contributed by atoms with Crippen LogP contribution in [0.25, 0.3) is 0 Å². The largest absolute Gasteiger partial charge is 0.348 e. The van der Waals surface area contributed by atoms with Gasteiger partial charge in [-0.1, -0.05) is 13.3 Å². The Bertz CT molecular complexity index is 431. The summed E-state index contributed by atoms with van der Waals surface area (Å²) in [6.45, 7) is 3.87. The molecule has 1 aliphatic carbocycles. The SMILES string of the molecule is CCCC(C)(N)C(=O)NC1CCCc2sccc21.Cl. The molecular formula is C14H23ClN2OS. The summed E-state index contributed by atoms with van der Waals surface area (Å²) in [5.74, 6) is -0.0200. The zero-order valence-electron chi connectivity index (χ0n) is 11.6. The molecule has 3 N–H and O–H groups in total. The van der Waals surface area contributed by atoms with E-state index in [1.807, 2.05) is 6.92 Å². The summed E-state index contributed by atoms with van der Waals surface area (Å²) >= 11 is 1.79. The molecule has 19 heavy (non-hydrogen) atoms. The van der Waals surface area contributed by atoms with Crippen molar-refractivity contribution in [3.8, 4) is 0 Å². The van der Waals surface area contributed by atoms with Crippen LogP contribution in [0.4, 0.5) is 0 Å².